The van der Waals surface area contributed by atoms with Crippen LogP contribution < -0.4 is 0 Å². The van der Waals surface area contributed by atoms with Gasteiger partial charge in [-0.25, -0.2) is 0 Å². The molecule has 0 saturated carbocycles. The van der Waals surface area contributed by atoms with Crippen LogP contribution in [0.5, 0.6) is 0 Å². The molecular weight excluding hydrogens is 220 g/mol. The van der Waals surface area contributed by atoms with Crippen molar-refractivity contribution < 1.29 is 5.11 Å². The highest BCUT2D eigenvalue weighted by atomic mass is 35.5. The van der Waals surface area contributed by atoms with Crippen molar-refractivity contribution in [3.05, 3.63) is 53.1 Å². The number of allylic oxidation sites excluding steroid dienone is 2. The average Bonchev–Trinajstić information content (AvgIpc) is 2.29. The maximum Gasteiger partial charge on any atom is 0.0431 e. The van der Waals surface area contributed by atoms with Crippen LogP contribution in [0.4, 0.5) is 0 Å². The molecule has 2 heteroatoms. The minimum Gasteiger partial charge on any atom is -0.396 e. The van der Waals surface area contributed by atoms with Gasteiger partial charge in [-0.15, -0.1) is 0 Å². The molecule has 0 aliphatic rings. The van der Waals surface area contributed by atoms with E-state index in [-0.39, 0.29) is 6.61 Å². The molecule has 0 saturated heterocycles. The molecule has 0 atom stereocenters. The molecule has 86 valence electrons. The lowest BCUT2D eigenvalue weighted by atomic mass is 10.1. The van der Waals surface area contributed by atoms with Gasteiger partial charge in [0.2, 0.25) is 0 Å². The molecule has 0 fully saturated rings. The van der Waals surface area contributed by atoms with Crippen molar-refractivity contribution in [3.63, 3.8) is 0 Å². The minimum absolute atomic E-state index is 0.258. The van der Waals surface area contributed by atoms with Crippen LogP contribution in [-0.4, -0.2) is 11.7 Å². The van der Waals surface area contributed by atoms with Gasteiger partial charge in [0.25, 0.3) is 0 Å². The highest BCUT2D eigenvalue weighted by molar-refractivity contribution is 6.30. The molecule has 1 N–H and O–H groups in total. The highest BCUT2D eigenvalue weighted by Crippen LogP contribution is 2.13. The summed E-state index contributed by atoms with van der Waals surface area (Å²) in [5.41, 5.74) is 2.20. The van der Waals surface area contributed by atoms with Crippen LogP contribution in [0.15, 0.2) is 42.5 Å². The lowest BCUT2D eigenvalue weighted by Gasteiger charge is -1.99. The summed E-state index contributed by atoms with van der Waals surface area (Å²) in [5.74, 6) is 0. The normalized spacial score (nSPS) is 10.9. The molecule has 0 aliphatic heterocycles. The van der Waals surface area contributed by atoms with E-state index in [4.69, 9.17) is 16.7 Å². The molecule has 1 nitrogen and oxygen atoms in total. The number of hydrogen-bond acceptors (Lipinski definition) is 1. The fourth-order valence-corrected chi connectivity index (χ4v) is 1.46. The number of halogens is 1. The smallest absolute Gasteiger partial charge is 0.0431 e. The molecule has 0 amide bonds. The number of rotatable bonds is 6. The SMILES string of the molecule is C=C(/C=C/c1ccc(Cl)cc1)CCCCO. The second-order valence-corrected chi connectivity index (χ2v) is 4.16. The summed E-state index contributed by atoms with van der Waals surface area (Å²) < 4.78 is 0. The Morgan fingerprint density at radius 2 is 1.94 bits per heavy atom. The van der Waals surface area contributed by atoms with E-state index in [1.165, 1.54) is 0 Å². The summed E-state index contributed by atoms with van der Waals surface area (Å²) in [4.78, 5) is 0. The molecule has 0 aromatic heterocycles. The first kappa shape index (κ1) is 13.0. The van der Waals surface area contributed by atoms with Crippen molar-refractivity contribution >= 4 is 17.7 Å². The summed E-state index contributed by atoms with van der Waals surface area (Å²) in [6.45, 7) is 4.22. The Hall–Kier alpha value is -1.05. The number of hydrogen-bond donors (Lipinski definition) is 1. The third-order valence-corrected chi connectivity index (χ3v) is 2.54. The van der Waals surface area contributed by atoms with Crippen LogP contribution in [-0.2, 0) is 0 Å². The maximum absolute atomic E-state index is 8.65. The second-order valence-electron chi connectivity index (χ2n) is 3.72. The van der Waals surface area contributed by atoms with Crippen molar-refractivity contribution in [2.75, 3.05) is 6.61 Å². The first-order valence-electron chi connectivity index (χ1n) is 5.44. The number of benzene rings is 1. The van der Waals surface area contributed by atoms with E-state index in [1.54, 1.807) is 0 Å². The molecule has 1 aromatic carbocycles. The van der Waals surface area contributed by atoms with Crippen LogP contribution in [0.1, 0.15) is 24.8 Å². The van der Waals surface area contributed by atoms with Crippen molar-refractivity contribution in [2.45, 2.75) is 19.3 Å². The Bertz CT molecular complexity index is 352. The third-order valence-electron chi connectivity index (χ3n) is 2.29. The fourth-order valence-electron chi connectivity index (χ4n) is 1.34. The molecular formula is C14H17ClO. The van der Waals surface area contributed by atoms with Crippen LogP contribution >= 0.6 is 11.6 Å². The standard InChI is InChI=1S/C14H17ClO/c1-12(4-2-3-11-16)5-6-13-7-9-14(15)10-8-13/h5-10,16H,1-4,11H2/b6-5+. The lowest BCUT2D eigenvalue weighted by Crippen LogP contribution is -1.83. The first-order chi connectivity index (χ1) is 7.72. The van der Waals surface area contributed by atoms with E-state index < -0.39 is 0 Å². The number of aliphatic hydroxyl groups is 1. The minimum atomic E-state index is 0.258. The van der Waals surface area contributed by atoms with E-state index in [0.29, 0.717) is 0 Å². The first-order valence-corrected chi connectivity index (χ1v) is 5.82. The molecule has 0 spiro atoms. The molecule has 0 radical (unpaired) electrons. The van der Waals surface area contributed by atoms with Crippen molar-refractivity contribution in [1.82, 2.24) is 0 Å². The van der Waals surface area contributed by atoms with E-state index in [0.717, 1.165) is 35.4 Å². The van der Waals surface area contributed by atoms with Gasteiger partial charge in [-0.1, -0.05) is 48.0 Å². The summed E-state index contributed by atoms with van der Waals surface area (Å²) in [6, 6.07) is 7.69. The Labute approximate surface area is 102 Å². The summed E-state index contributed by atoms with van der Waals surface area (Å²) in [7, 11) is 0. The largest absolute Gasteiger partial charge is 0.396 e. The van der Waals surface area contributed by atoms with E-state index in [2.05, 4.69) is 6.58 Å². The fraction of sp³-hybridized carbons (Fsp3) is 0.286. The van der Waals surface area contributed by atoms with Gasteiger partial charge >= 0.3 is 0 Å². The van der Waals surface area contributed by atoms with Crippen molar-refractivity contribution in [3.8, 4) is 0 Å². The molecule has 0 heterocycles. The Balaban J connectivity index is 2.41. The summed E-state index contributed by atoms with van der Waals surface area (Å²) in [6.07, 6.45) is 6.80. The zero-order chi connectivity index (χ0) is 11.8. The van der Waals surface area contributed by atoms with Gasteiger partial charge in [0.15, 0.2) is 0 Å². The Morgan fingerprint density at radius 1 is 1.25 bits per heavy atom. The van der Waals surface area contributed by atoms with Crippen molar-refractivity contribution in [1.29, 1.82) is 0 Å². The van der Waals surface area contributed by atoms with E-state index >= 15 is 0 Å². The van der Waals surface area contributed by atoms with Crippen LogP contribution in [0.25, 0.3) is 6.08 Å². The van der Waals surface area contributed by atoms with E-state index in [9.17, 15) is 0 Å². The zero-order valence-corrected chi connectivity index (χ0v) is 10.1. The monoisotopic (exact) mass is 236 g/mol. The predicted molar refractivity (Wildman–Crippen MR) is 70.6 cm³/mol. The van der Waals surface area contributed by atoms with Gasteiger partial charge in [-0.3, -0.25) is 0 Å². The molecule has 0 aliphatic carbocycles. The quantitative estimate of drug-likeness (QED) is 0.583. The van der Waals surface area contributed by atoms with Gasteiger partial charge in [0.05, 0.1) is 0 Å². The predicted octanol–water partition coefficient (Wildman–Crippen LogP) is 4.07. The third kappa shape index (κ3) is 5.15. The average molecular weight is 237 g/mol. The number of unbranched alkanes of at least 4 members (excludes halogenated alkanes) is 1. The summed E-state index contributed by atoms with van der Waals surface area (Å²) in [5, 5.41) is 9.40. The lowest BCUT2D eigenvalue weighted by molar-refractivity contribution is 0.285. The molecule has 16 heavy (non-hydrogen) atoms. The van der Waals surface area contributed by atoms with Gasteiger partial charge < -0.3 is 5.11 Å². The molecule has 0 bridgehead atoms. The Kier molecular flexibility index (Phi) is 5.91. The summed E-state index contributed by atoms with van der Waals surface area (Å²) >= 11 is 5.79. The highest BCUT2D eigenvalue weighted by Gasteiger charge is 1.91. The van der Waals surface area contributed by atoms with E-state index in [1.807, 2.05) is 36.4 Å². The van der Waals surface area contributed by atoms with Gasteiger partial charge in [0.1, 0.15) is 0 Å². The zero-order valence-electron chi connectivity index (χ0n) is 9.32. The molecule has 0 unspecified atom stereocenters. The topological polar surface area (TPSA) is 20.2 Å². The van der Waals surface area contributed by atoms with Gasteiger partial charge in [-0.05, 0) is 37.0 Å². The van der Waals surface area contributed by atoms with Crippen LogP contribution in [0.2, 0.25) is 5.02 Å². The van der Waals surface area contributed by atoms with Crippen molar-refractivity contribution in [2.24, 2.45) is 0 Å². The number of aliphatic hydroxyl groups excluding tert-OH is 1. The van der Waals surface area contributed by atoms with Gasteiger partial charge in [0, 0.05) is 11.6 Å². The second kappa shape index (κ2) is 7.26. The van der Waals surface area contributed by atoms with Crippen LogP contribution in [0, 0.1) is 0 Å². The Morgan fingerprint density at radius 3 is 2.56 bits per heavy atom. The van der Waals surface area contributed by atoms with Gasteiger partial charge in [-0.2, -0.15) is 0 Å². The molecule has 1 aromatic rings. The van der Waals surface area contributed by atoms with Crippen LogP contribution in [0.3, 0.4) is 0 Å². The maximum atomic E-state index is 8.65. The molecule has 1 rings (SSSR count).